The molecule has 0 amide bonds. The Balaban J connectivity index is 1.74. The summed E-state index contributed by atoms with van der Waals surface area (Å²) < 4.78 is 13.2. The molecule has 1 nitrogen and oxygen atoms in total. The van der Waals surface area contributed by atoms with E-state index in [-0.39, 0.29) is 5.82 Å². The molecule has 0 spiro atoms. The maximum atomic E-state index is 13.2. The first-order valence-corrected chi connectivity index (χ1v) is 8.18. The Morgan fingerprint density at radius 3 is 2.65 bits per heavy atom. The highest BCUT2D eigenvalue weighted by Gasteiger charge is 2.21. The highest BCUT2D eigenvalue weighted by Crippen LogP contribution is 2.28. The van der Waals surface area contributed by atoms with E-state index in [0.717, 1.165) is 17.9 Å². The van der Waals surface area contributed by atoms with E-state index in [1.165, 1.54) is 44.6 Å². The molecule has 112 valence electrons. The van der Waals surface area contributed by atoms with Gasteiger partial charge in [-0.25, -0.2) is 4.39 Å². The Labute approximate surface area is 123 Å². The van der Waals surface area contributed by atoms with Crippen LogP contribution < -0.4 is 5.32 Å². The predicted octanol–water partition coefficient (Wildman–Crippen LogP) is 4.71. The van der Waals surface area contributed by atoms with Gasteiger partial charge in [-0.05, 0) is 62.6 Å². The molecule has 1 aliphatic rings. The first-order chi connectivity index (χ1) is 9.67. The minimum atomic E-state index is -0.130. The minimum Gasteiger partial charge on any atom is -0.311 e. The van der Waals surface area contributed by atoms with Crippen molar-refractivity contribution in [3.05, 3.63) is 35.6 Å². The van der Waals surface area contributed by atoms with Crippen LogP contribution in [0.15, 0.2) is 24.3 Å². The van der Waals surface area contributed by atoms with Gasteiger partial charge in [0.05, 0.1) is 0 Å². The largest absolute Gasteiger partial charge is 0.311 e. The number of hydrogen-bond donors (Lipinski definition) is 1. The van der Waals surface area contributed by atoms with Gasteiger partial charge in [-0.1, -0.05) is 31.9 Å². The number of halogens is 1. The average Bonchev–Trinajstić information content (AvgIpc) is 2.41. The van der Waals surface area contributed by atoms with E-state index in [9.17, 15) is 4.39 Å². The zero-order valence-corrected chi connectivity index (χ0v) is 12.9. The summed E-state index contributed by atoms with van der Waals surface area (Å²) >= 11 is 0. The van der Waals surface area contributed by atoms with Gasteiger partial charge in [-0.2, -0.15) is 0 Å². The monoisotopic (exact) mass is 277 g/mol. The molecule has 2 rings (SSSR count). The van der Waals surface area contributed by atoms with Crippen LogP contribution in [0, 0.1) is 11.7 Å². The van der Waals surface area contributed by atoms with Crippen LogP contribution in [0.4, 0.5) is 4.39 Å². The molecule has 1 aromatic rings. The molecule has 1 N–H and O–H groups in total. The molecule has 0 heterocycles. The molecular formula is C18H28FN. The van der Waals surface area contributed by atoms with E-state index in [0.29, 0.717) is 12.1 Å². The molecule has 0 bridgehead atoms. The molecule has 2 heteroatoms. The van der Waals surface area contributed by atoms with Crippen molar-refractivity contribution in [1.29, 1.82) is 0 Å². The summed E-state index contributed by atoms with van der Waals surface area (Å²) in [6.45, 7) is 4.49. The first-order valence-electron chi connectivity index (χ1n) is 8.18. The molecule has 0 radical (unpaired) electrons. The zero-order chi connectivity index (χ0) is 14.4. The minimum absolute atomic E-state index is 0.130. The standard InChI is InChI=1S/C18H28FN/c1-3-5-15-8-10-18(11-9-15)20-14(2)12-16-6-4-7-17(19)13-16/h4,6-7,13-15,18,20H,3,5,8-12H2,1-2H3. The van der Waals surface area contributed by atoms with Crippen LogP contribution in [0.2, 0.25) is 0 Å². The Hall–Kier alpha value is -0.890. The van der Waals surface area contributed by atoms with Crippen molar-refractivity contribution in [2.45, 2.75) is 70.9 Å². The molecular weight excluding hydrogens is 249 g/mol. The second kappa shape index (κ2) is 7.78. The highest BCUT2D eigenvalue weighted by molar-refractivity contribution is 5.17. The molecule has 1 saturated carbocycles. The maximum absolute atomic E-state index is 13.2. The van der Waals surface area contributed by atoms with Gasteiger partial charge < -0.3 is 5.32 Å². The van der Waals surface area contributed by atoms with Gasteiger partial charge in [-0.3, -0.25) is 0 Å². The van der Waals surface area contributed by atoms with Crippen molar-refractivity contribution in [2.24, 2.45) is 5.92 Å². The lowest BCUT2D eigenvalue weighted by Gasteiger charge is -2.31. The van der Waals surface area contributed by atoms with Crippen LogP contribution in [0.1, 0.15) is 57.9 Å². The topological polar surface area (TPSA) is 12.0 Å². The zero-order valence-electron chi connectivity index (χ0n) is 12.9. The summed E-state index contributed by atoms with van der Waals surface area (Å²) in [7, 11) is 0. The molecule has 0 aliphatic heterocycles. The van der Waals surface area contributed by atoms with Crippen LogP contribution in [0.3, 0.4) is 0 Å². The van der Waals surface area contributed by atoms with Gasteiger partial charge in [0.2, 0.25) is 0 Å². The van der Waals surface area contributed by atoms with Crippen LogP contribution in [0.5, 0.6) is 0 Å². The second-order valence-corrected chi connectivity index (χ2v) is 6.41. The van der Waals surface area contributed by atoms with Gasteiger partial charge in [0.25, 0.3) is 0 Å². The van der Waals surface area contributed by atoms with Gasteiger partial charge in [0.15, 0.2) is 0 Å². The van der Waals surface area contributed by atoms with Crippen molar-refractivity contribution in [1.82, 2.24) is 5.32 Å². The van der Waals surface area contributed by atoms with E-state index >= 15 is 0 Å². The summed E-state index contributed by atoms with van der Waals surface area (Å²) in [5.74, 6) is 0.825. The van der Waals surface area contributed by atoms with Gasteiger partial charge in [0, 0.05) is 12.1 Å². The lowest BCUT2D eigenvalue weighted by Crippen LogP contribution is -2.40. The fourth-order valence-electron chi connectivity index (χ4n) is 3.50. The van der Waals surface area contributed by atoms with Gasteiger partial charge in [0.1, 0.15) is 5.82 Å². The Bertz CT molecular complexity index is 396. The fourth-order valence-corrected chi connectivity index (χ4v) is 3.50. The second-order valence-electron chi connectivity index (χ2n) is 6.41. The molecule has 0 saturated heterocycles. The lowest BCUT2D eigenvalue weighted by atomic mass is 9.83. The third-order valence-electron chi connectivity index (χ3n) is 4.49. The Kier molecular flexibility index (Phi) is 6.03. The SMILES string of the molecule is CCCC1CCC(NC(C)Cc2cccc(F)c2)CC1. The third-order valence-corrected chi connectivity index (χ3v) is 4.49. The van der Waals surface area contributed by atoms with Gasteiger partial charge >= 0.3 is 0 Å². The molecule has 1 aliphatic carbocycles. The molecule has 1 unspecified atom stereocenters. The Morgan fingerprint density at radius 2 is 2.00 bits per heavy atom. The van der Waals surface area contributed by atoms with Crippen LogP contribution in [-0.2, 0) is 6.42 Å². The molecule has 1 atom stereocenters. The number of benzene rings is 1. The van der Waals surface area contributed by atoms with Crippen molar-refractivity contribution >= 4 is 0 Å². The van der Waals surface area contributed by atoms with Crippen molar-refractivity contribution in [3.63, 3.8) is 0 Å². The van der Waals surface area contributed by atoms with Crippen LogP contribution >= 0.6 is 0 Å². The normalized spacial score (nSPS) is 24.6. The van der Waals surface area contributed by atoms with Crippen molar-refractivity contribution < 1.29 is 4.39 Å². The predicted molar refractivity (Wildman–Crippen MR) is 83.4 cm³/mol. The molecule has 20 heavy (non-hydrogen) atoms. The van der Waals surface area contributed by atoms with E-state index in [1.54, 1.807) is 12.1 Å². The molecule has 1 fully saturated rings. The van der Waals surface area contributed by atoms with Crippen molar-refractivity contribution in [3.8, 4) is 0 Å². The smallest absolute Gasteiger partial charge is 0.123 e. The first kappa shape index (κ1) is 15.5. The molecule has 0 aromatic heterocycles. The number of nitrogens with one attached hydrogen (secondary N) is 1. The summed E-state index contributed by atoms with van der Waals surface area (Å²) in [6, 6.07) is 8.05. The van der Waals surface area contributed by atoms with E-state index < -0.39 is 0 Å². The lowest BCUT2D eigenvalue weighted by molar-refractivity contribution is 0.265. The number of rotatable bonds is 6. The third kappa shape index (κ3) is 4.90. The number of hydrogen-bond acceptors (Lipinski definition) is 1. The Morgan fingerprint density at radius 1 is 1.25 bits per heavy atom. The van der Waals surface area contributed by atoms with E-state index in [2.05, 4.69) is 19.2 Å². The van der Waals surface area contributed by atoms with Crippen molar-refractivity contribution in [2.75, 3.05) is 0 Å². The van der Waals surface area contributed by atoms with E-state index in [1.807, 2.05) is 6.07 Å². The van der Waals surface area contributed by atoms with Crippen LogP contribution in [0.25, 0.3) is 0 Å². The average molecular weight is 277 g/mol. The summed E-state index contributed by atoms with van der Waals surface area (Å²) in [5.41, 5.74) is 1.09. The van der Waals surface area contributed by atoms with Crippen LogP contribution in [-0.4, -0.2) is 12.1 Å². The maximum Gasteiger partial charge on any atom is 0.123 e. The molecule has 1 aromatic carbocycles. The fraction of sp³-hybridized carbons (Fsp3) is 0.667. The summed E-state index contributed by atoms with van der Waals surface area (Å²) in [4.78, 5) is 0. The van der Waals surface area contributed by atoms with E-state index in [4.69, 9.17) is 0 Å². The summed E-state index contributed by atoms with van der Waals surface area (Å²) in [5, 5.41) is 3.73. The van der Waals surface area contributed by atoms with Gasteiger partial charge in [-0.15, -0.1) is 0 Å². The summed E-state index contributed by atoms with van der Waals surface area (Å²) in [6.07, 6.45) is 8.98. The highest BCUT2D eigenvalue weighted by atomic mass is 19.1. The quantitative estimate of drug-likeness (QED) is 0.794.